The number of carbonyl (C=O) groups excluding carboxylic acids is 3. The molecule has 1 aromatic heterocycles. The van der Waals surface area contributed by atoms with Gasteiger partial charge in [-0.2, -0.15) is 0 Å². The van der Waals surface area contributed by atoms with Crippen molar-refractivity contribution in [3.05, 3.63) is 21.9 Å². The maximum Gasteiger partial charge on any atom is 0.344 e. The van der Waals surface area contributed by atoms with Crippen LogP contribution in [0.3, 0.4) is 0 Å². The van der Waals surface area contributed by atoms with Gasteiger partial charge in [0, 0.05) is 4.88 Å². The van der Waals surface area contributed by atoms with Gasteiger partial charge < -0.3 is 14.8 Å². The third-order valence-electron chi connectivity index (χ3n) is 2.08. The summed E-state index contributed by atoms with van der Waals surface area (Å²) in [5, 5.41) is 2.42. The number of rotatable bonds is 6. The maximum atomic E-state index is 11.6. The van der Waals surface area contributed by atoms with Crippen LogP contribution in [0.1, 0.15) is 28.4 Å². The highest BCUT2D eigenvalue weighted by molar-refractivity contribution is 7.13. The Bertz CT molecular complexity index is 495. The molecule has 20 heavy (non-hydrogen) atoms. The van der Waals surface area contributed by atoms with Gasteiger partial charge in [0.1, 0.15) is 6.54 Å². The van der Waals surface area contributed by atoms with E-state index in [1.165, 1.54) is 11.3 Å². The fourth-order valence-electron chi connectivity index (χ4n) is 1.28. The van der Waals surface area contributed by atoms with E-state index in [4.69, 9.17) is 4.74 Å². The fourth-order valence-corrected chi connectivity index (χ4v) is 2.07. The summed E-state index contributed by atoms with van der Waals surface area (Å²) in [5.41, 5.74) is 0. The number of amides is 1. The lowest BCUT2D eigenvalue weighted by Gasteiger charge is -2.08. The molecule has 1 aromatic rings. The predicted octanol–water partition coefficient (Wildman–Crippen LogP) is 1.28. The topological polar surface area (TPSA) is 81.7 Å². The van der Waals surface area contributed by atoms with Crippen LogP contribution in [0.25, 0.3) is 0 Å². The van der Waals surface area contributed by atoms with E-state index < -0.39 is 18.5 Å². The predicted molar refractivity (Wildman–Crippen MR) is 73.6 cm³/mol. The molecule has 0 saturated carbocycles. The van der Waals surface area contributed by atoms with Crippen molar-refractivity contribution in [3.63, 3.8) is 0 Å². The summed E-state index contributed by atoms with van der Waals surface area (Å²) >= 11 is 1.33. The van der Waals surface area contributed by atoms with Crippen molar-refractivity contribution in [2.75, 3.05) is 13.2 Å². The number of nitrogens with one attached hydrogen (secondary N) is 1. The minimum atomic E-state index is -0.688. The highest BCUT2D eigenvalue weighted by Gasteiger charge is 2.13. The Morgan fingerprint density at radius 1 is 1.25 bits per heavy atom. The first-order valence-corrected chi connectivity index (χ1v) is 6.90. The standard InChI is InChI=1S/C13H17NO5S/c1-8(2)19-12(16)7-18-11(15)6-14-13(17)10-5-4-9(3)20-10/h4-5,8H,6-7H2,1-3H3,(H,14,17). The van der Waals surface area contributed by atoms with E-state index in [0.29, 0.717) is 4.88 Å². The number of ether oxygens (including phenoxy) is 2. The summed E-state index contributed by atoms with van der Waals surface area (Å²) in [6.45, 7) is 4.54. The molecule has 1 heterocycles. The molecule has 0 aliphatic carbocycles. The average Bonchev–Trinajstić information content (AvgIpc) is 2.79. The smallest absolute Gasteiger partial charge is 0.344 e. The van der Waals surface area contributed by atoms with Gasteiger partial charge in [0.05, 0.1) is 11.0 Å². The summed E-state index contributed by atoms with van der Waals surface area (Å²) in [5.74, 6) is -1.65. The van der Waals surface area contributed by atoms with E-state index in [-0.39, 0.29) is 18.6 Å². The Hall–Kier alpha value is -1.89. The molecule has 110 valence electrons. The number of hydrogen-bond donors (Lipinski definition) is 1. The number of hydrogen-bond acceptors (Lipinski definition) is 6. The highest BCUT2D eigenvalue weighted by atomic mass is 32.1. The van der Waals surface area contributed by atoms with E-state index in [2.05, 4.69) is 10.1 Å². The van der Waals surface area contributed by atoms with Gasteiger partial charge in [-0.25, -0.2) is 4.79 Å². The van der Waals surface area contributed by atoms with Gasteiger partial charge >= 0.3 is 11.9 Å². The highest BCUT2D eigenvalue weighted by Crippen LogP contribution is 2.14. The molecule has 6 nitrogen and oxygen atoms in total. The number of thiophene rings is 1. The first-order chi connectivity index (χ1) is 9.38. The Morgan fingerprint density at radius 2 is 1.95 bits per heavy atom. The van der Waals surface area contributed by atoms with Gasteiger partial charge in [-0.3, -0.25) is 9.59 Å². The summed E-state index contributed by atoms with van der Waals surface area (Å²) in [6, 6.07) is 3.50. The summed E-state index contributed by atoms with van der Waals surface area (Å²) in [7, 11) is 0. The van der Waals surface area contributed by atoms with Crippen LogP contribution < -0.4 is 5.32 Å². The molecular weight excluding hydrogens is 282 g/mol. The molecule has 0 bridgehead atoms. The number of carbonyl (C=O) groups is 3. The van der Waals surface area contributed by atoms with Gasteiger partial charge in [0.15, 0.2) is 6.61 Å². The van der Waals surface area contributed by atoms with Crippen molar-refractivity contribution in [2.45, 2.75) is 26.9 Å². The minimum Gasteiger partial charge on any atom is -0.460 e. The molecule has 7 heteroatoms. The van der Waals surface area contributed by atoms with E-state index in [1.807, 2.05) is 13.0 Å². The molecule has 0 saturated heterocycles. The van der Waals surface area contributed by atoms with Gasteiger partial charge in [0.25, 0.3) is 5.91 Å². The van der Waals surface area contributed by atoms with Gasteiger partial charge in [0.2, 0.25) is 0 Å². The SMILES string of the molecule is Cc1ccc(C(=O)NCC(=O)OCC(=O)OC(C)C)s1. The lowest BCUT2D eigenvalue weighted by molar-refractivity contribution is -0.160. The molecule has 0 fully saturated rings. The van der Waals surface area contributed by atoms with Crippen LogP contribution >= 0.6 is 11.3 Å². The zero-order valence-corrected chi connectivity index (χ0v) is 12.4. The Balaban J connectivity index is 2.26. The van der Waals surface area contributed by atoms with Crippen molar-refractivity contribution >= 4 is 29.2 Å². The quantitative estimate of drug-likeness (QED) is 0.800. The van der Waals surface area contributed by atoms with Gasteiger partial charge in [-0.05, 0) is 32.9 Å². The third kappa shape index (κ3) is 5.83. The van der Waals surface area contributed by atoms with E-state index >= 15 is 0 Å². The number of esters is 2. The second kappa shape index (κ2) is 7.64. The van der Waals surface area contributed by atoms with Crippen LogP contribution in [0.2, 0.25) is 0 Å². The third-order valence-corrected chi connectivity index (χ3v) is 3.08. The molecule has 1 rings (SSSR count). The van der Waals surface area contributed by atoms with E-state index in [9.17, 15) is 14.4 Å². The van der Waals surface area contributed by atoms with Crippen molar-refractivity contribution in [3.8, 4) is 0 Å². The van der Waals surface area contributed by atoms with Gasteiger partial charge in [-0.1, -0.05) is 0 Å². The molecule has 0 unspecified atom stereocenters. The van der Waals surface area contributed by atoms with Crippen LogP contribution in [-0.4, -0.2) is 37.1 Å². The summed E-state index contributed by atoms with van der Waals surface area (Å²) in [6.07, 6.45) is -0.261. The second-order valence-electron chi connectivity index (χ2n) is 4.29. The van der Waals surface area contributed by atoms with Crippen LogP contribution in [-0.2, 0) is 19.1 Å². The van der Waals surface area contributed by atoms with Crippen LogP contribution in [0.15, 0.2) is 12.1 Å². The summed E-state index contributed by atoms with van der Waals surface area (Å²) < 4.78 is 9.47. The lowest BCUT2D eigenvalue weighted by atomic mass is 10.4. The molecule has 0 aromatic carbocycles. The van der Waals surface area contributed by atoms with Crippen LogP contribution in [0.5, 0.6) is 0 Å². The number of aryl methyl sites for hydroxylation is 1. The average molecular weight is 299 g/mol. The molecule has 0 atom stereocenters. The van der Waals surface area contributed by atoms with Crippen molar-refractivity contribution in [1.29, 1.82) is 0 Å². The van der Waals surface area contributed by atoms with Crippen molar-refractivity contribution in [1.82, 2.24) is 5.32 Å². The van der Waals surface area contributed by atoms with Crippen molar-refractivity contribution in [2.24, 2.45) is 0 Å². The summed E-state index contributed by atoms with van der Waals surface area (Å²) in [4.78, 5) is 35.6. The van der Waals surface area contributed by atoms with Crippen LogP contribution in [0.4, 0.5) is 0 Å². The minimum absolute atomic E-state index is 0.261. The molecule has 0 spiro atoms. The normalized spacial score (nSPS) is 10.2. The lowest BCUT2D eigenvalue weighted by Crippen LogP contribution is -2.31. The molecule has 0 aliphatic rings. The van der Waals surface area contributed by atoms with E-state index in [0.717, 1.165) is 4.88 Å². The second-order valence-corrected chi connectivity index (χ2v) is 5.58. The largest absolute Gasteiger partial charge is 0.460 e. The fraction of sp³-hybridized carbons (Fsp3) is 0.462. The van der Waals surface area contributed by atoms with E-state index in [1.54, 1.807) is 19.9 Å². The molecule has 1 N–H and O–H groups in total. The zero-order chi connectivity index (χ0) is 15.1. The Morgan fingerprint density at radius 3 is 2.50 bits per heavy atom. The monoisotopic (exact) mass is 299 g/mol. The molecule has 0 aliphatic heterocycles. The first kappa shape index (κ1) is 16.2. The first-order valence-electron chi connectivity index (χ1n) is 6.08. The van der Waals surface area contributed by atoms with Crippen molar-refractivity contribution < 1.29 is 23.9 Å². The molecule has 1 amide bonds. The maximum absolute atomic E-state index is 11.6. The molecular formula is C13H17NO5S. The Labute approximate surface area is 121 Å². The molecule has 0 radical (unpaired) electrons. The van der Waals surface area contributed by atoms with Gasteiger partial charge in [-0.15, -0.1) is 11.3 Å². The van der Waals surface area contributed by atoms with Crippen LogP contribution in [0, 0.1) is 6.92 Å². The zero-order valence-electron chi connectivity index (χ0n) is 11.6. The Kier molecular flexibility index (Phi) is 6.17.